The first-order valence-electron chi connectivity index (χ1n) is 8.04. The predicted octanol–water partition coefficient (Wildman–Crippen LogP) is 2.83. The van der Waals surface area contributed by atoms with Crippen LogP contribution in [0, 0.1) is 0 Å². The standard InChI is InChI=1S/C19H18ClN3O/c20-15-8-6-14(7-9-15)17-12-21-23-18(24)11-16(22-19(17)23)10-13-4-2-1-3-5-13/h1-9,11,17,19,21-22H,10,12H2. The molecule has 1 saturated heterocycles. The summed E-state index contributed by atoms with van der Waals surface area (Å²) in [6.45, 7) is 0.720. The first-order valence-corrected chi connectivity index (χ1v) is 8.42. The number of carbonyl (C=O) groups excluding carboxylic acids is 1. The second-order valence-electron chi connectivity index (χ2n) is 6.15. The van der Waals surface area contributed by atoms with Crippen LogP contribution in [0.25, 0.3) is 0 Å². The van der Waals surface area contributed by atoms with Crippen LogP contribution in [-0.2, 0) is 11.2 Å². The van der Waals surface area contributed by atoms with Gasteiger partial charge in [-0.1, -0.05) is 54.1 Å². The van der Waals surface area contributed by atoms with E-state index in [4.69, 9.17) is 11.6 Å². The molecule has 2 aromatic rings. The fourth-order valence-electron chi connectivity index (χ4n) is 3.34. The number of nitrogens with zero attached hydrogens (tertiary/aromatic N) is 1. The van der Waals surface area contributed by atoms with Gasteiger partial charge in [0.15, 0.2) is 0 Å². The van der Waals surface area contributed by atoms with Crippen molar-refractivity contribution in [3.63, 3.8) is 0 Å². The highest BCUT2D eigenvalue weighted by Crippen LogP contribution is 2.30. The van der Waals surface area contributed by atoms with Crippen LogP contribution in [0.2, 0.25) is 5.02 Å². The highest BCUT2D eigenvalue weighted by molar-refractivity contribution is 6.30. The third-order valence-corrected chi connectivity index (χ3v) is 4.80. The van der Waals surface area contributed by atoms with E-state index in [1.165, 1.54) is 11.1 Å². The van der Waals surface area contributed by atoms with Crippen LogP contribution in [0.5, 0.6) is 0 Å². The second-order valence-corrected chi connectivity index (χ2v) is 6.59. The molecular formula is C19H18ClN3O. The SMILES string of the molecule is O=C1C=C(Cc2ccccc2)NC2C(c3ccc(Cl)cc3)CNN12. The summed E-state index contributed by atoms with van der Waals surface area (Å²) in [4.78, 5) is 12.4. The lowest BCUT2D eigenvalue weighted by atomic mass is 9.95. The zero-order valence-corrected chi connectivity index (χ0v) is 13.8. The van der Waals surface area contributed by atoms with E-state index in [0.29, 0.717) is 0 Å². The van der Waals surface area contributed by atoms with Crippen molar-refractivity contribution >= 4 is 17.5 Å². The van der Waals surface area contributed by atoms with Gasteiger partial charge < -0.3 is 5.32 Å². The Morgan fingerprint density at radius 2 is 1.83 bits per heavy atom. The zero-order valence-electron chi connectivity index (χ0n) is 13.1. The van der Waals surface area contributed by atoms with Crippen molar-refractivity contribution < 1.29 is 4.79 Å². The summed E-state index contributed by atoms with van der Waals surface area (Å²) in [5.41, 5.74) is 6.51. The molecule has 0 spiro atoms. The van der Waals surface area contributed by atoms with E-state index < -0.39 is 0 Å². The van der Waals surface area contributed by atoms with E-state index in [0.717, 1.165) is 23.7 Å². The molecule has 2 aromatic carbocycles. The Morgan fingerprint density at radius 1 is 1.08 bits per heavy atom. The van der Waals surface area contributed by atoms with Gasteiger partial charge in [-0.25, -0.2) is 5.43 Å². The number of hydrazine groups is 1. The van der Waals surface area contributed by atoms with E-state index in [1.54, 1.807) is 11.1 Å². The summed E-state index contributed by atoms with van der Waals surface area (Å²) in [5, 5.41) is 5.94. The number of hydrogen-bond donors (Lipinski definition) is 2. The molecule has 4 nitrogen and oxygen atoms in total. The van der Waals surface area contributed by atoms with Gasteiger partial charge in [-0.2, -0.15) is 0 Å². The largest absolute Gasteiger partial charge is 0.366 e. The van der Waals surface area contributed by atoms with E-state index in [-0.39, 0.29) is 18.0 Å². The molecule has 2 N–H and O–H groups in total. The third kappa shape index (κ3) is 2.90. The molecule has 2 aliphatic rings. The first kappa shape index (κ1) is 15.2. The third-order valence-electron chi connectivity index (χ3n) is 4.54. The van der Waals surface area contributed by atoms with Crippen molar-refractivity contribution in [1.29, 1.82) is 0 Å². The summed E-state index contributed by atoms with van der Waals surface area (Å²) in [6, 6.07) is 18.0. The van der Waals surface area contributed by atoms with Gasteiger partial charge in [0.25, 0.3) is 5.91 Å². The molecule has 0 radical (unpaired) electrons. The molecule has 24 heavy (non-hydrogen) atoms. The number of rotatable bonds is 3. The molecule has 122 valence electrons. The Hall–Kier alpha value is -2.30. The number of hydrogen-bond acceptors (Lipinski definition) is 3. The maximum absolute atomic E-state index is 12.4. The summed E-state index contributed by atoms with van der Waals surface area (Å²) in [5.74, 6) is 0.187. The van der Waals surface area contributed by atoms with Gasteiger partial charge in [-0.05, 0) is 23.3 Å². The van der Waals surface area contributed by atoms with E-state index in [9.17, 15) is 4.79 Å². The molecule has 2 unspecified atom stereocenters. The Morgan fingerprint density at radius 3 is 2.58 bits per heavy atom. The van der Waals surface area contributed by atoms with E-state index in [1.807, 2.05) is 42.5 Å². The number of carbonyl (C=O) groups is 1. The summed E-state index contributed by atoms with van der Waals surface area (Å²) in [7, 11) is 0. The van der Waals surface area contributed by atoms with Gasteiger partial charge in [0.05, 0.1) is 0 Å². The number of nitrogens with one attached hydrogen (secondary N) is 2. The van der Waals surface area contributed by atoms with Crippen molar-refractivity contribution in [2.45, 2.75) is 18.5 Å². The van der Waals surface area contributed by atoms with Crippen LogP contribution in [0.4, 0.5) is 0 Å². The number of halogens is 1. The Kier molecular flexibility index (Phi) is 4.00. The maximum Gasteiger partial charge on any atom is 0.264 e. The van der Waals surface area contributed by atoms with Crippen molar-refractivity contribution in [3.8, 4) is 0 Å². The second kappa shape index (κ2) is 6.30. The van der Waals surface area contributed by atoms with Crippen LogP contribution < -0.4 is 10.7 Å². The van der Waals surface area contributed by atoms with Crippen LogP contribution in [0.1, 0.15) is 17.0 Å². The lowest BCUT2D eigenvalue weighted by molar-refractivity contribution is -0.131. The molecule has 0 bridgehead atoms. The number of fused-ring (bicyclic) bond motifs is 1. The van der Waals surface area contributed by atoms with Crippen LogP contribution >= 0.6 is 11.6 Å². The molecule has 2 heterocycles. The van der Waals surface area contributed by atoms with Crippen molar-refractivity contribution in [2.24, 2.45) is 0 Å². The molecule has 5 heteroatoms. The predicted molar refractivity (Wildman–Crippen MR) is 94.2 cm³/mol. The summed E-state index contributed by atoms with van der Waals surface area (Å²) in [6.07, 6.45) is 2.33. The van der Waals surface area contributed by atoms with Gasteiger partial charge in [0.2, 0.25) is 0 Å². The fraction of sp³-hybridized carbons (Fsp3) is 0.211. The van der Waals surface area contributed by atoms with E-state index >= 15 is 0 Å². The Bertz CT molecular complexity index is 773. The monoisotopic (exact) mass is 339 g/mol. The van der Waals surface area contributed by atoms with E-state index in [2.05, 4.69) is 22.9 Å². The van der Waals surface area contributed by atoms with Crippen LogP contribution in [0.15, 0.2) is 66.4 Å². The topological polar surface area (TPSA) is 44.4 Å². The minimum Gasteiger partial charge on any atom is -0.366 e. The number of amides is 1. The van der Waals surface area contributed by atoms with Crippen molar-refractivity contribution in [3.05, 3.63) is 82.5 Å². The molecule has 1 amide bonds. The van der Waals surface area contributed by atoms with Gasteiger partial charge in [-0.15, -0.1) is 0 Å². The van der Waals surface area contributed by atoms with Gasteiger partial charge in [0, 0.05) is 35.7 Å². The lowest BCUT2D eigenvalue weighted by Crippen LogP contribution is -2.53. The van der Waals surface area contributed by atoms with Gasteiger partial charge in [0.1, 0.15) is 6.17 Å². The van der Waals surface area contributed by atoms with Gasteiger partial charge in [-0.3, -0.25) is 9.80 Å². The number of benzene rings is 2. The normalized spacial score (nSPS) is 22.8. The molecule has 2 atom stereocenters. The minimum absolute atomic E-state index is 0.00106. The lowest BCUT2D eigenvalue weighted by Gasteiger charge is -2.33. The maximum atomic E-state index is 12.4. The average molecular weight is 340 g/mol. The average Bonchev–Trinajstić information content (AvgIpc) is 3.01. The molecule has 0 aliphatic carbocycles. The molecule has 0 saturated carbocycles. The Balaban J connectivity index is 1.56. The van der Waals surface area contributed by atoms with Crippen molar-refractivity contribution in [2.75, 3.05) is 6.54 Å². The summed E-state index contributed by atoms with van der Waals surface area (Å²) < 4.78 is 0. The quantitative estimate of drug-likeness (QED) is 0.903. The zero-order chi connectivity index (χ0) is 16.5. The van der Waals surface area contributed by atoms with Gasteiger partial charge >= 0.3 is 0 Å². The molecule has 0 aromatic heterocycles. The number of allylic oxidation sites excluding steroid dienone is 1. The molecule has 1 fully saturated rings. The summed E-state index contributed by atoms with van der Waals surface area (Å²) >= 11 is 5.99. The molecule has 4 rings (SSSR count). The van der Waals surface area contributed by atoms with Crippen LogP contribution in [0.3, 0.4) is 0 Å². The highest BCUT2D eigenvalue weighted by Gasteiger charge is 2.40. The molecular weight excluding hydrogens is 322 g/mol. The smallest absolute Gasteiger partial charge is 0.264 e. The Labute approximate surface area is 146 Å². The van der Waals surface area contributed by atoms with Crippen LogP contribution in [-0.4, -0.2) is 23.6 Å². The van der Waals surface area contributed by atoms with Crippen molar-refractivity contribution in [1.82, 2.24) is 15.8 Å². The first-order chi connectivity index (χ1) is 11.7. The minimum atomic E-state index is -0.0811. The molecule has 2 aliphatic heterocycles. The highest BCUT2D eigenvalue weighted by atomic mass is 35.5. The fourth-order valence-corrected chi connectivity index (χ4v) is 3.47.